The fourth-order valence-corrected chi connectivity index (χ4v) is 1.28. The standard InChI is InChI=1S/C12H26N2O2/c1-5-12(13,6-2)10-16-9-7-8-11(15)14(3)4/h5-10,13H2,1-4H3. The molecule has 0 aromatic rings. The van der Waals surface area contributed by atoms with E-state index >= 15 is 0 Å². The lowest BCUT2D eigenvalue weighted by Crippen LogP contribution is -2.43. The van der Waals surface area contributed by atoms with E-state index in [1.54, 1.807) is 19.0 Å². The van der Waals surface area contributed by atoms with Crippen molar-refractivity contribution in [3.8, 4) is 0 Å². The molecule has 0 saturated heterocycles. The van der Waals surface area contributed by atoms with Crippen molar-refractivity contribution in [1.29, 1.82) is 0 Å². The molecule has 0 rings (SSSR count). The second-order valence-corrected chi connectivity index (χ2v) is 4.51. The van der Waals surface area contributed by atoms with Crippen molar-refractivity contribution in [2.45, 2.75) is 45.1 Å². The van der Waals surface area contributed by atoms with E-state index in [2.05, 4.69) is 13.8 Å². The van der Waals surface area contributed by atoms with Gasteiger partial charge in [-0.25, -0.2) is 0 Å². The number of ether oxygens (including phenoxy) is 1. The van der Waals surface area contributed by atoms with Crippen molar-refractivity contribution >= 4 is 5.91 Å². The number of carbonyl (C=O) groups is 1. The van der Waals surface area contributed by atoms with Crippen LogP contribution in [0.5, 0.6) is 0 Å². The lowest BCUT2D eigenvalue weighted by molar-refractivity contribution is -0.129. The third kappa shape index (κ3) is 6.08. The molecular weight excluding hydrogens is 204 g/mol. The van der Waals surface area contributed by atoms with Gasteiger partial charge in [-0.1, -0.05) is 13.8 Å². The Morgan fingerprint density at radius 3 is 2.31 bits per heavy atom. The van der Waals surface area contributed by atoms with Gasteiger partial charge < -0.3 is 15.4 Å². The lowest BCUT2D eigenvalue weighted by atomic mass is 9.96. The van der Waals surface area contributed by atoms with Gasteiger partial charge in [0.25, 0.3) is 0 Å². The zero-order valence-corrected chi connectivity index (χ0v) is 11.1. The van der Waals surface area contributed by atoms with Crippen LogP contribution in [-0.4, -0.2) is 43.7 Å². The molecule has 0 aromatic carbocycles. The van der Waals surface area contributed by atoms with Crippen LogP contribution >= 0.6 is 0 Å². The van der Waals surface area contributed by atoms with Gasteiger partial charge in [-0.3, -0.25) is 4.79 Å². The van der Waals surface area contributed by atoms with Gasteiger partial charge in [0, 0.05) is 32.7 Å². The number of hydrogen-bond acceptors (Lipinski definition) is 3. The quantitative estimate of drug-likeness (QED) is 0.641. The summed E-state index contributed by atoms with van der Waals surface area (Å²) >= 11 is 0. The van der Waals surface area contributed by atoms with Gasteiger partial charge in [0.15, 0.2) is 0 Å². The molecule has 96 valence electrons. The van der Waals surface area contributed by atoms with Crippen LogP contribution in [0, 0.1) is 0 Å². The van der Waals surface area contributed by atoms with Gasteiger partial charge in [-0.05, 0) is 19.3 Å². The zero-order valence-electron chi connectivity index (χ0n) is 11.1. The van der Waals surface area contributed by atoms with Crippen molar-refractivity contribution in [2.24, 2.45) is 5.73 Å². The Labute approximate surface area is 99.1 Å². The van der Waals surface area contributed by atoms with Crippen LogP contribution in [0.1, 0.15) is 39.5 Å². The van der Waals surface area contributed by atoms with Crippen molar-refractivity contribution in [2.75, 3.05) is 27.3 Å². The third-order valence-corrected chi connectivity index (χ3v) is 2.98. The predicted molar refractivity (Wildman–Crippen MR) is 66.2 cm³/mol. The van der Waals surface area contributed by atoms with Crippen molar-refractivity contribution in [1.82, 2.24) is 4.90 Å². The Morgan fingerprint density at radius 2 is 1.88 bits per heavy atom. The Bertz CT molecular complexity index is 201. The number of amides is 1. The average Bonchev–Trinajstić information content (AvgIpc) is 2.27. The van der Waals surface area contributed by atoms with Gasteiger partial charge in [-0.2, -0.15) is 0 Å². The normalized spacial score (nSPS) is 11.6. The van der Waals surface area contributed by atoms with E-state index in [-0.39, 0.29) is 11.4 Å². The summed E-state index contributed by atoms with van der Waals surface area (Å²) in [4.78, 5) is 12.9. The molecule has 0 saturated carbocycles. The minimum Gasteiger partial charge on any atom is -0.380 e. The minimum absolute atomic E-state index is 0.147. The highest BCUT2D eigenvalue weighted by Gasteiger charge is 2.19. The molecule has 4 nitrogen and oxygen atoms in total. The predicted octanol–water partition coefficient (Wildman–Crippen LogP) is 1.39. The molecule has 0 fully saturated rings. The SMILES string of the molecule is CCC(N)(CC)COCCCC(=O)N(C)C. The molecule has 0 radical (unpaired) electrons. The first-order valence-corrected chi connectivity index (χ1v) is 6.02. The molecule has 1 amide bonds. The first-order chi connectivity index (χ1) is 7.45. The maximum atomic E-state index is 11.3. The first kappa shape index (κ1) is 15.4. The van der Waals surface area contributed by atoms with E-state index < -0.39 is 0 Å². The van der Waals surface area contributed by atoms with Crippen LogP contribution in [0.25, 0.3) is 0 Å². The molecular formula is C12H26N2O2. The Kier molecular flexibility index (Phi) is 7.34. The minimum atomic E-state index is -0.203. The fourth-order valence-electron chi connectivity index (χ4n) is 1.28. The van der Waals surface area contributed by atoms with Gasteiger partial charge in [-0.15, -0.1) is 0 Å². The van der Waals surface area contributed by atoms with Crippen molar-refractivity contribution in [3.05, 3.63) is 0 Å². The summed E-state index contributed by atoms with van der Waals surface area (Å²) < 4.78 is 5.51. The number of nitrogens with two attached hydrogens (primary N) is 1. The molecule has 0 heterocycles. The highest BCUT2D eigenvalue weighted by Crippen LogP contribution is 2.11. The largest absolute Gasteiger partial charge is 0.380 e. The van der Waals surface area contributed by atoms with Gasteiger partial charge in [0.1, 0.15) is 0 Å². The number of nitrogens with zero attached hydrogens (tertiary/aromatic N) is 1. The van der Waals surface area contributed by atoms with Crippen LogP contribution in [0.15, 0.2) is 0 Å². The molecule has 0 unspecified atom stereocenters. The van der Waals surface area contributed by atoms with Gasteiger partial charge in [0.05, 0.1) is 6.61 Å². The average molecular weight is 230 g/mol. The first-order valence-electron chi connectivity index (χ1n) is 6.02. The van der Waals surface area contributed by atoms with Gasteiger partial charge >= 0.3 is 0 Å². The molecule has 0 spiro atoms. The second-order valence-electron chi connectivity index (χ2n) is 4.51. The molecule has 4 heteroatoms. The monoisotopic (exact) mass is 230 g/mol. The number of hydrogen-bond donors (Lipinski definition) is 1. The summed E-state index contributed by atoms with van der Waals surface area (Å²) in [6.45, 7) is 5.33. The summed E-state index contributed by atoms with van der Waals surface area (Å²) in [6.07, 6.45) is 3.14. The summed E-state index contributed by atoms with van der Waals surface area (Å²) in [6, 6.07) is 0. The second kappa shape index (κ2) is 7.63. The van der Waals surface area contributed by atoms with Crippen molar-refractivity contribution in [3.63, 3.8) is 0 Å². The summed E-state index contributed by atoms with van der Waals surface area (Å²) in [5.74, 6) is 0.147. The molecule has 16 heavy (non-hydrogen) atoms. The molecule has 0 aromatic heterocycles. The topological polar surface area (TPSA) is 55.6 Å². The van der Waals surface area contributed by atoms with E-state index in [4.69, 9.17) is 10.5 Å². The number of rotatable bonds is 8. The summed E-state index contributed by atoms with van der Waals surface area (Å²) in [5, 5.41) is 0. The third-order valence-electron chi connectivity index (χ3n) is 2.98. The molecule has 0 atom stereocenters. The fraction of sp³-hybridized carbons (Fsp3) is 0.917. The number of carbonyl (C=O) groups excluding carboxylic acids is 1. The van der Waals surface area contributed by atoms with E-state index in [1.807, 2.05) is 0 Å². The van der Waals surface area contributed by atoms with E-state index in [0.29, 0.717) is 19.6 Å². The summed E-state index contributed by atoms with van der Waals surface area (Å²) in [7, 11) is 3.53. The maximum Gasteiger partial charge on any atom is 0.222 e. The highest BCUT2D eigenvalue weighted by atomic mass is 16.5. The van der Waals surface area contributed by atoms with E-state index in [0.717, 1.165) is 19.3 Å². The maximum absolute atomic E-state index is 11.3. The van der Waals surface area contributed by atoms with Crippen LogP contribution < -0.4 is 5.73 Å². The van der Waals surface area contributed by atoms with E-state index in [9.17, 15) is 4.79 Å². The summed E-state index contributed by atoms with van der Waals surface area (Å²) in [5.41, 5.74) is 5.88. The highest BCUT2D eigenvalue weighted by molar-refractivity contribution is 5.75. The van der Waals surface area contributed by atoms with Crippen LogP contribution in [0.2, 0.25) is 0 Å². The van der Waals surface area contributed by atoms with Crippen LogP contribution in [0.3, 0.4) is 0 Å². The molecule has 0 aliphatic carbocycles. The van der Waals surface area contributed by atoms with Crippen molar-refractivity contribution < 1.29 is 9.53 Å². The Morgan fingerprint density at radius 1 is 1.31 bits per heavy atom. The van der Waals surface area contributed by atoms with E-state index in [1.165, 1.54) is 0 Å². The molecule has 2 N–H and O–H groups in total. The molecule has 0 bridgehead atoms. The molecule has 0 aliphatic rings. The Balaban J connectivity index is 3.57. The molecule has 0 aliphatic heterocycles. The van der Waals surface area contributed by atoms with Gasteiger partial charge in [0.2, 0.25) is 5.91 Å². The van der Waals surface area contributed by atoms with Crippen LogP contribution in [-0.2, 0) is 9.53 Å². The Hall–Kier alpha value is -0.610. The lowest BCUT2D eigenvalue weighted by Gasteiger charge is -2.26. The zero-order chi connectivity index (χ0) is 12.6. The smallest absolute Gasteiger partial charge is 0.222 e. The van der Waals surface area contributed by atoms with Crippen LogP contribution in [0.4, 0.5) is 0 Å².